The molecule has 52 heavy (non-hydrogen) atoms. The number of carbonyl (C=O) groups excluding carboxylic acids is 3. The molecule has 1 unspecified atom stereocenters. The third-order valence-electron chi connectivity index (χ3n) is 10.9. The number of rotatable bonds is 14. The number of benzene rings is 3. The van der Waals surface area contributed by atoms with Crippen molar-refractivity contribution in [1.29, 1.82) is 0 Å². The summed E-state index contributed by atoms with van der Waals surface area (Å²) in [6, 6.07) is 21.6. The van der Waals surface area contributed by atoms with Crippen LogP contribution in [0.4, 0.5) is 0 Å². The van der Waals surface area contributed by atoms with E-state index in [4.69, 9.17) is 19.2 Å². The molecule has 1 atom stereocenters. The Balaban J connectivity index is 1.15. The van der Waals surface area contributed by atoms with Gasteiger partial charge in [0.05, 0.1) is 32.4 Å². The quantitative estimate of drug-likeness (QED) is 0.144. The fourth-order valence-corrected chi connectivity index (χ4v) is 7.91. The first-order valence-electron chi connectivity index (χ1n) is 18.4. The molecule has 11 heteroatoms. The van der Waals surface area contributed by atoms with E-state index in [9.17, 15) is 14.4 Å². The lowest BCUT2D eigenvalue weighted by Crippen LogP contribution is -2.43. The summed E-state index contributed by atoms with van der Waals surface area (Å²) in [5.74, 6) is 1.34. The van der Waals surface area contributed by atoms with Gasteiger partial charge in [-0.1, -0.05) is 55.8 Å². The van der Waals surface area contributed by atoms with Gasteiger partial charge in [-0.2, -0.15) is 0 Å². The number of aromatic nitrogens is 2. The number of methoxy groups -OCH3 is 3. The largest absolute Gasteiger partial charge is 0.493 e. The van der Waals surface area contributed by atoms with Crippen molar-refractivity contribution in [3.05, 3.63) is 83.7 Å². The first kappa shape index (κ1) is 36.9. The van der Waals surface area contributed by atoms with Gasteiger partial charge in [-0.05, 0) is 81.6 Å². The number of para-hydroxylation sites is 2. The number of unbranched alkanes of at least 4 members (excludes halogenated alkanes) is 1. The van der Waals surface area contributed by atoms with E-state index < -0.39 is 0 Å². The maximum atomic E-state index is 14.1. The highest BCUT2D eigenvalue weighted by molar-refractivity contribution is 6.00. The number of imidazole rings is 1. The molecule has 1 aromatic heterocycles. The van der Waals surface area contributed by atoms with Gasteiger partial charge >= 0.3 is 0 Å². The number of fused-ring (bicyclic) bond motifs is 1. The van der Waals surface area contributed by atoms with Gasteiger partial charge in [-0.15, -0.1) is 0 Å². The number of nitrogens with zero attached hydrogens (tertiary/aromatic N) is 5. The Morgan fingerprint density at radius 1 is 0.904 bits per heavy atom. The van der Waals surface area contributed by atoms with Crippen molar-refractivity contribution in [2.45, 2.75) is 57.8 Å². The van der Waals surface area contributed by atoms with Crippen molar-refractivity contribution in [2.75, 3.05) is 65.6 Å². The summed E-state index contributed by atoms with van der Waals surface area (Å²) in [6.07, 6.45) is 4.95. The van der Waals surface area contributed by atoms with Crippen LogP contribution in [0.1, 0.15) is 78.9 Å². The number of carbonyl (C=O) groups is 3. The van der Waals surface area contributed by atoms with Crippen LogP contribution in [-0.4, -0.2) is 97.7 Å². The number of likely N-dealkylation sites (tertiary alicyclic amines) is 2. The second-order valence-corrected chi connectivity index (χ2v) is 14.0. The Labute approximate surface area is 306 Å². The molecular weight excluding hydrogens is 658 g/mol. The summed E-state index contributed by atoms with van der Waals surface area (Å²) in [5.41, 5.74) is 3.01. The van der Waals surface area contributed by atoms with Gasteiger partial charge in [-0.3, -0.25) is 14.4 Å². The van der Waals surface area contributed by atoms with Crippen LogP contribution < -0.4 is 19.2 Å². The average Bonchev–Trinajstić information content (AvgIpc) is 3.80. The molecule has 2 amide bonds. The van der Waals surface area contributed by atoms with Crippen LogP contribution in [0, 0.1) is 5.92 Å². The van der Waals surface area contributed by atoms with Crippen LogP contribution >= 0.6 is 0 Å². The number of ether oxygens (including phenoxy) is 3. The van der Waals surface area contributed by atoms with Gasteiger partial charge in [0.15, 0.2) is 17.3 Å². The van der Waals surface area contributed by atoms with Crippen molar-refractivity contribution < 1.29 is 28.6 Å². The molecule has 3 aromatic carbocycles. The van der Waals surface area contributed by atoms with Crippen LogP contribution in [0.2, 0.25) is 0 Å². The van der Waals surface area contributed by atoms with Gasteiger partial charge in [-0.25, -0.2) is 14.7 Å². The molecule has 0 radical (unpaired) electrons. The summed E-state index contributed by atoms with van der Waals surface area (Å²) < 4.78 is 18.3. The van der Waals surface area contributed by atoms with E-state index in [1.807, 2.05) is 35.2 Å². The molecule has 2 fully saturated rings. The average molecular weight is 710 g/mol. The Hall–Kier alpha value is -4.90. The number of piperidine rings is 1. The molecule has 0 saturated carbocycles. The van der Waals surface area contributed by atoms with Crippen molar-refractivity contribution in [3.63, 3.8) is 0 Å². The SMILES string of the molecule is CCCCN(C(C)=O)n1c(C(=O)C2CCN(CCC3(c4ccccc4)CCN(C(=O)c4cc(OC)c(OC)c(OC)c4)C3)CC2)nc2ccccc21. The topological polar surface area (TPSA) is 106 Å². The fraction of sp³-hybridized carbons (Fsp3) is 0.463. The van der Waals surface area contributed by atoms with Gasteiger partial charge in [0.1, 0.15) is 0 Å². The second kappa shape index (κ2) is 16.2. The van der Waals surface area contributed by atoms with Gasteiger partial charge < -0.3 is 24.0 Å². The third-order valence-corrected chi connectivity index (χ3v) is 10.9. The molecule has 6 rings (SSSR count). The van der Waals surface area contributed by atoms with Crippen LogP contribution in [0.3, 0.4) is 0 Å². The van der Waals surface area contributed by atoms with Crippen LogP contribution in [0.15, 0.2) is 66.7 Å². The highest BCUT2D eigenvalue weighted by atomic mass is 16.5. The van der Waals surface area contributed by atoms with Gasteiger partial charge in [0.2, 0.25) is 17.4 Å². The molecule has 2 aliphatic heterocycles. The highest BCUT2D eigenvalue weighted by Gasteiger charge is 2.42. The predicted octanol–water partition coefficient (Wildman–Crippen LogP) is 6.12. The zero-order chi connectivity index (χ0) is 36.8. The van der Waals surface area contributed by atoms with E-state index in [2.05, 4.69) is 36.1 Å². The van der Waals surface area contributed by atoms with E-state index in [0.717, 1.165) is 63.7 Å². The zero-order valence-electron chi connectivity index (χ0n) is 31.1. The molecule has 2 saturated heterocycles. The lowest BCUT2D eigenvalue weighted by atomic mass is 9.76. The lowest BCUT2D eigenvalue weighted by molar-refractivity contribution is -0.118. The summed E-state index contributed by atoms with van der Waals surface area (Å²) in [5, 5.41) is 1.67. The van der Waals surface area contributed by atoms with Crippen molar-refractivity contribution in [2.24, 2.45) is 5.92 Å². The highest BCUT2D eigenvalue weighted by Crippen LogP contribution is 2.41. The Morgan fingerprint density at radius 2 is 1.58 bits per heavy atom. The van der Waals surface area contributed by atoms with Gasteiger partial charge in [0, 0.05) is 43.5 Å². The molecule has 0 bridgehead atoms. The van der Waals surface area contributed by atoms with Crippen LogP contribution in [0.25, 0.3) is 11.0 Å². The third kappa shape index (κ3) is 7.37. The Bertz CT molecular complexity index is 1860. The predicted molar refractivity (Wildman–Crippen MR) is 201 cm³/mol. The summed E-state index contributed by atoms with van der Waals surface area (Å²) in [4.78, 5) is 50.1. The maximum Gasteiger partial charge on any atom is 0.254 e. The first-order valence-corrected chi connectivity index (χ1v) is 18.4. The van der Waals surface area contributed by atoms with Crippen LogP contribution in [0.5, 0.6) is 17.2 Å². The fourth-order valence-electron chi connectivity index (χ4n) is 7.91. The van der Waals surface area contributed by atoms with E-state index in [-0.39, 0.29) is 28.9 Å². The van der Waals surface area contributed by atoms with E-state index in [1.54, 1.807) is 50.1 Å². The number of hydrogen-bond donors (Lipinski definition) is 0. The van der Waals surface area contributed by atoms with Gasteiger partial charge in [0.25, 0.3) is 5.91 Å². The minimum Gasteiger partial charge on any atom is -0.493 e. The summed E-state index contributed by atoms with van der Waals surface area (Å²) >= 11 is 0. The van der Waals surface area contributed by atoms with Crippen LogP contribution in [-0.2, 0) is 10.2 Å². The molecule has 276 valence electrons. The van der Waals surface area contributed by atoms with Crippen molar-refractivity contribution in [1.82, 2.24) is 19.5 Å². The Morgan fingerprint density at radius 3 is 2.21 bits per heavy atom. The number of hydrogen-bond acceptors (Lipinski definition) is 8. The molecule has 11 nitrogen and oxygen atoms in total. The lowest BCUT2D eigenvalue weighted by Gasteiger charge is -2.36. The molecule has 2 aliphatic rings. The number of ketones is 1. The standard InChI is InChI=1S/C41H51N5O6/c1-6-7-21-45(29(2)47)46-34-16-12-11-15-33(34)42-39(46)37(48)30-17-22-43(23-18-30)24-19-41(32-13-9-8-10-14-32)20-25-44(28-41)40(49)31-26-35(50-3)38(52-5)36(27-31)51-4/h8-16,26-27,30H,6-7,17-25,28H2,1-5H3. The minimum atomic E-state index is -0.205. The molecule has 3 heterocycles. The van der Waals surface area contributed by atoms with E-state index >= 15 is 0 Å². The summed E-state index contributed by atoms with van der Waals surface area (Å²) in [6.45, 7) is 7.84. The van der Waals surface area contributed by atoms with E-state index in [1.165, 1.54) is 5.56 Å². The smallest absolute Gasteiger partial charge is 0.254 e. The number of amides is 2. The zero-order valence-corrected chi connectivity index (χ0v) is 31.1. The van der Waals surface area contributed by atoms with Crippen molar-refractivity contribution >= 4 is 28.6 Å². The molecular formula is C41H51N5O6. The minimum absolute atomic E-state index is 0.00362. The first-order chi connectivity index (χ1) is 25.2. The molecule has 0 spiro atoms. The molecule has 4 aromatic rings. The second-order valence-electron chi connectivity index (χ2n) is 14.0. The molecule has 0 N–H and O–H groups in total. The monoisotopic (exact) mass is 709 g/mol. The maximum absolute atomic E-state index is 14.1. The van der Waals surface area contributed by atoms with Crippen molar-refractivity contribution in [3.8, 4) is 17.2 Å². The normalized spacial score (nSPS) is 18.1. The molecule has 0 aliphatic carbocycles. The number of Topliss-reactive ketones (excluding diaryl/α,β-unsaturated/α-hetero) is 1. The van der Waals surface area contributed by atoms with E-state index in [0.29, 0.717) is 53.8 Å². The summed E-state index contributed by atoms with van der Waals surface area (Å²) in [7, 11) is 4.65. The Kier molecular flexibility index (Phi) is 11.5.